The van der Waals surface area contributed by atoms with E-state index in [2.05, 4.69) is 5.32 Å². The Morgan fingerprint density at radius 3 is 2.50 bits per heavy atom. The largest absolute Gasteiger partial charge is 0.416 e. The number of likely N-dealkylation sites (tertiary alicyclic amines) is 1. The number of nitrogens with one attached hydrogen (secondary N) is 1. The SMILES string of the molecule is Cl.NC1CCN(C(=O)CCNc2ccc(C(F)(F)F)cc2[N+](=O)[O-])CC1. The highest BCUT2D eigenvalue weighted by molar-refractivity contribution is 5.85. The number of carbonyl (C=O) groups is 1. The third-order valence-corrected chi connectivity index (χ3v) is 4.07. The van der Waals surface area contributed by atoms with E-state index in [9.17, 15) is 28.1 Å². The number of alkyl halides is 3. The van der Waals surface area contributed by atoms with Crippen molar-refractivity contribution in [3.63, 3.8) is 0 Å². The first-order valence-electron chi connectivity index (χ1n) is 7.81. The molecule has 1 fully saturated rings. The number of benzene rings is 1. The molecule has 1 saturated heterocycles. The summed E-state index contributed by atoms with van der Waals surface area (Å²) >= 11 is 0. The van der Waals surface area contributed by atoms with E-state index < -0.39 is 22.4 Å². The number of anilines is 1. The Morgan fingerprint density at radius 1 is 1.35 bits per heavy atom. The second-order valence-corrected chi connectivity index (χ2v) is 5.88. The van der Waals surface area contributed by atoms with Crippen molar-refractivity contribution in [2.24, 2.45) is 5.73 Å². The summed E-state index contributed by atoms with van der Waals surface area (Å²) in [7, 11) is 0. The predicted molar refractivity (Wildman–Crippen MR) is 92.2 cm³/mol. The van der Waals surface area contributed by atoms with E-state index in [4.69, 9.17) is 5.73 Å². The van der Waals surface area contributed by atoms with Crippen LogP contribution in [0, 0.1) is 10.1 Å². The van der Waals surface area contributed by atoms with E-state index in [0.717, 1.165) is 25.0 Å². The Kier molecular flexibility index (Phi) is 7.64. The van der Waals surface area contributed by atoms with Crippen LogP contribution in [0.2, 0.25) is 0 Å². The summed E-state index contributed by atoms with van der Waals surface area (Å²) in [6.45, 7) is 1.23. The zero-order valence-corrected chi connectivity index (χ0v) is 14.6. The summed E-state index contributed by atoms with van der Waals surface area (Å²) in [5, 5.41) is 13.7. The average molecular weight is 397 g/mol. The van der Waals surface area contributed by atoms with Crippen LogP contribution in [0.5, 0.6) is 0 Å². The highest BCUT2D eigenvalue weighted by Crippen LogP contribution is 2.34. The van der Waals surface area contributed by atoms with Crippen molar-refractivity contribution in [2.45, 2.75) is 31.5 Å². The molecule has 1 aliphatic rings. The van der Waals surface area contributed by atoms with Gasteiger partial charge < -0.3 is 16.0 Å². The van der Waals surface area contributed by atoms with Gasteiger partial charge in [-0.2, -0.15) is 13.2 Å². The van der Waals surface area contributed by atoms with Crippen molar-refractivity contribution in [3.8, 4) is 0 Å². The van der Waals surface area contributed by atoms with Gasteiger partial charge in [-0.3, -0.25) is 14.9 Å². The van der Waals surface area contributed by atoms with Crippen molar-refractivity contribution in [2.75, 3.05) is 25.0 Å². The molecule has 26 heavy (non-hydrogen) atoms. The molecule has 7 nitrogen and oxygen atoms in total. The molecule has 0 aromatic heterocycles. The predicted octanol–water partition coefficient (Wildman–Crippen LogP) is 2.79. The lowest BCUT2D eigenvalue weighted by Gasteiger charge is -2.30. The van der Waals surface area contributed by atoms with Crippen LogP contribution in [-0.2, 0) is 11.0 Å². The zero-order valence-electron chi connectivity index (χ0n) is 13.8. The average Bonchev–Trinajstić information content (AvgIpc) is 2.54. The first-order chi connectivity index (χ1) is 11.7. The maximum absolute atomic E-state index is 12.7. The smallest absolute Gasteiger partial charge is 0.379 e. The number of nitrogens with zero attached hydrogens (tertiary/aromatic N) is 2. The molecule has 0 bridgehead atoms. The van der Waals surface area contributed by atoms with Crippen LogP contribution < -0.4 is 11.1 Å². The van der Waals surface area contributed by atoms with Gasteiger partial charge in [0.1, 0.15) is 5.69 Å². The normalized spacial score (nSPS) is 15.3. The van der Waals surface area contributed by atoms with Crippen molar-refractivity contribution in [1.82, 2.24) is 4.90 Å². The Bertz CT molecular complexity index is 650. The van der Waals surface area contributed by atoms with Crippen molar-refractivity contribution in [1.29, 1.82) is 0 Å². The van der Waals surface area contributed by atoms with E-state index in [1.54, 1.807) is 4.90 Å². The summed E-state index contributed by atoms with van der Waals surface area (Å²) in [6.07, 6.45) is -3.12. The lowest BCUT2D eigenvalue weighted by molar-refractivity contribution is -0.384. The van der Waals surface area contributed by atoms with Gasteiger partial charge in [-0.05, 0) is 25.0 Å². The summed E-state index contributed by atoms with van der Waals surface area (Å²) in [4.78, 5) is 23.8. The van der Waals surface area contributed by atoms with Crippen molar-refractivity contribution in [3.05, 3.63) is 33.9 Å². The minimum atomic E-state index is -4.66. The molecule has 11 heteroatoms. The maximum atomic E-state index is 12.7. The van der Waals surface area contributed by atoms with Gasteiger partial charge in [0.2, 0.25) is 5.91 Å². The minimum Gasteiger partial charge on any atom is -0.379 e. The third-order valence-electron chi connectivity index (χ3n) is 4.07. The van der Waals surface area contributed by atoms with E-state index >= 15 is 0 Å². The second kappa shape index (κ2) is 9.04. The molecule has 1 aliphatic heterocycles. The topological polar surface area (TPSA) is 102 Å². The molecule has 0 saturated carbocycles. The molecule has 0 unspecified atom stereocenters. The molecule has 1 aromatic carbocycles. The Hall–Kier alpha value is -2.07. The lowest BCUT2D eigenvalue weighted by Crippen LogP contribution is -2.43. The van der Waals surface area contributed by atoms with E-state index in [1.807, 2.05) is 0 Å². The zero-order chi connectivity index (χ0) is 18.6. The molecular formula is C15H20ClF3N4O3. The number of piperidine rings is 1. The van der Waals surface area contributed by atoms with Crippen LogP contribution in [-0.4, -0.2) is 41.4 Å². The Balaban J connectivity index is 0.00000338. The van der Waals surface area contributed by atoms with Crippen molar-refractivity contribution >= 4 is 29.7 Å². The fourth-order valence-electron chi connectivity index (χ4n) is 2.62. The van der Waals surface area contributed by atoms with Crippen LogP contribution in [0.25, 0.3) is 0 Å². The number of hydrogen-bond acceptors (Lipinski definition) is 5. The number of nitrogens with two attached hydrogens (primary N) is 1. The molecular weight excluding hydrogens is 377 g/mol. The summed E-state index contributed by atoms with van der Waals surface area (Å²) in [5.74, 6) is -0.117. The molecule has 0 aliphatic carbocycles. The highest BCUT2D eigenvalue weighted by atomic mass is 35.5. The van der Waals surface area contributed by atoms with Crippen LogP contribution in [0.15, 0.2) is 18.2 Å². The molecule has 0 spiro atoms. The van der Waals surface area contributed by atoms with Gasteiger partial charge in [0.15, 0.2) is 0 Å². The molecule has 2 rings (SSSR count). The van der Waals surface area contributed by atoms with Crippen LogP contribution in [0.4, 0.5) is 24.5 Å². The molecule has 0 radical (unpaired) electrons. The first-order valence-corrected chi connectivity index (χ1v) is 7.81. The standard InChI is InChI=1S/C15H19F3N4O3.ClH/c16-15(17,18)10-1-2-12(13(9-10)22(24)25)20-6-3-14(23)21-7-4-11(19)5-8-21;/h1-2,9,11,20H,3-8,19H2;1H. The minimum absolute atomic E-state index is 0. The van der Waals surface area contributed by atoms with Crippen LogP contribution in [0.3, 0.4) is 0 Å². The van der Waals surface area contributed by atoms with Crippen LogP contribution in [0.1, 0.15) is 24.8 Å². The van der Waals surface area contributed by atoms with Gasteiger partial charge in [0.05, 0.1) is 10.5 Å². The maximum Gasteiger partial charge on any atom is 0.416 e. The van der Waals surface area contributed by atoms with E-state index in [1.165, 1.54) is 0 Å². The van der Waals surface area contributed by atoms with E-state index in [0.29, 0.717) is 19.2 Å². The Morgan fingerprint density at radius 2 is 1.96 bits per heavy atom. The number of amides is 1. The number of halogens is 4. The molecule has 3 N–H and O–H groups in total. The van der Waals surface area contributed by atoms with Gasteiger partial charge in [0, 0.05) is 38.2 Å². The quantitative estimate of drug-likeness (QED) is 0.588. The third kappa shape index (κ3) is 5.73. The fourth-order valence-corrected chi connectivity index (χ4v) is 2.62. The van der Waals surface area contributed by atoms with Crippen molar-refractivity contribution < 1.29 is 22.9 Å². The van der Waals surface area contributed by atoms with Crippen LogP contribution >= 0.6 is 12.4 Å². The number of nitro groups is 1. The number of rotatable bonds is 5. The highest BCUT2D eigenvalue weighted by Gasteiger charge is 2.33. The monoisotopic (exact) mass is 396 g/mol. The van der Waals surface area contributed by atoms with Gasteiger partial charge in [-0.1, -0.05) is 0 Å². The number of nitro benzene ring substituents is 1. The fraction of sp³-hybridized carbons (Fsp3) is 0.533. The first kappa shape index (κ1) is 22.0. The van der Waals surface area contributed by atoms with Gasteiger partial charge >= 0.3 is 6.18 Å². The summed E-state index contributed by atoms with van der Waals surface area (Å²) in [6, 6.07) is 2.35. The summed E-state index contributed by atoms with van der Waals surface area (Å²) < 4.78 is 38.0. The second-order valence-electron chi connectivity index (χ2n) is 5.88. The summed E-state index contributed by atoms with van der Waals surface area (Å²) in [5.41, 5.74) is 3.95. The molecule has 1 aromatic rings. The van der Waals surface area contributed by atoms with E-state index in [-0.39, 0.29) is 43.0 Å². The van der Waals surface area contributed by atoms with Gasteiger partial charge in [-0.15, -0.1) is 12.4 Å². The molecule has 0 atom stereocenters. The number of carbonyl (C=O) groups excluding carboxylic acids is 1. The number of hydrogen-bond donors (Lipinski definition) is 2. The molecule has 1 heterocycles. The van der Waals surface area contributed by atoms with Gasteiger partial charge in [0.25, 0.3) is 5.69 Å². The molecule has 146 valence electrons. The van der Waals surface area contributed by atoms with Gasteiger partial charge in [-0.25, -0.2) is 0 Å². The molecule has 1 amide bonds. The lowest BCUT2D eigenvalue weighted by atomic mass is 10.1. The Labute approximate surface area is 154 Å².